The van der Waals surface area contributed by atoms with Crippen molar-refractivity contribution >= 4 is 28.1 Å². The van der Waals surface area contributed by atoms with E-state index in [1.807, 2.05) is 36.5 Å². The second-order valence-electron chi connectivity index (χ2n) is 5.07. The molecular formula is C17H14N3O3+. The highest BCUT2D eigenvalue weighted by molar-refractivity contribution is 5.92. The van der Waals surface area contributed by atoms with Gasteiger partial charge in [-0.2, -0.15) is 4.57 Å². The highest BCUT2D eigenvalue weighted by atomic mass is 16.6. The minimum atomic E-state index is -0.515. The van der Waals surface area contributed by atoms with E-state index in [-0.39, 0.29) is 23.8 Å². The SMILES string of the molecule is O=C(C[n+]1ccc2ccccc2c1)Nc1ccccc1[N+](=O)[O-]. The molecule has 6 heteroatoms. The quantitative estimate of drug-likeness (QED) is 0.457. The molecule has 0 aliphatic heterocycles. The van der Waals surface area contributed by atoms with Crippen LogP contribution in [0.25, 0.3) is 10.8 Å². The summed E-state index contributed by atoms with van der Waals surface area (Å²) in [6, 6.07) is 15.8. The zero-order valence-electron chi connectivity index (χ0n) is 12.2. The van der Waals surface area contributed by atoms with Gasteiger partial charge in [-0.25, -0.2) is 0 Å². The summed E-state index contributed by atoms with van der Waals surface area (Å²) in [5, 5.41) is 15.7. The number of nitrogens with zero attached hydrogens (tertiary/aromatic N) is 2. The number of nitro benzene ring substituents is 1. The molecule has 0 spiro atoms. The number of amides is 1. The fraction of sp³-hybridized carbons (Fsp3) is 0.0588. The van der Waals surface area contributed by atoms with Gasteiger partial charge in [-0.3, -0.25) is 14.9 Å². The molecule has 0 aliphatic rings. The number of fused-ring (bicyclic) bond motifs is 1. The molecule has 23 heavy (non-hydrogen) atoms. The number of rotatable bonds is 4. The Morgan fingerprint density at radius 2 is 1.74 bits per heavy atom. The normalized spacial score (nSPS) is 10.4. The number of para-hydroxylation sites is 2. The van der Waals surface area contributed by atoms with E-state index in [1.54, 1.807) is 22.9 Å². The van der Waals surface area contributed by atoms with Gasteiger partial charge in [0.05, 0.1) is 4.92 Å². The maximum atomic E-state index is 12.1. The molecule has 0 radical (unpaired) electrons. The van der Waals surface area contributed by atoms with Gasteiger partial charge in [-0.15, -0.1) is 0 Å². The summed E-state index contributed by atoms with van der Waals surface area (Å²) in [4.78, 5) is 22.6. The predicted octanol–water partition coefficient (Wildman–Crippen LogP) is 2.67. The molecule has 2 aromatic carbocycles. The van der Waals surface area contributed by atoms with Gasteiger partial charge < -0.3 is 5.32 Å². The van der Waals surface area contributed by atoms with E-state index in [9.17, 15) is 14.9 Å². The van der Waals surface area contributed by atoms with Crippen LogP contribution in [-0.4, -0.2) is 10.8 Å². The van der Waals surface area contributed by atoms with E-state index >= 15 is 0 Å². The van der Waals surface area contributed by atoms with Crippen molar-refractivity contribution in [1.82, 2.24) is 0 Å². The second kappa shape index (κ2) is 6.23. The molecule has 3 rings (SSSR count). The van der Waals surface area contributed by atoms with Gasteiger partial charge in [0.2, 0.25) is 6.54 Å². The van der Waals surface area contributed by atoms with Crippen molar-refractivity contribution in [1.29, 1.82) is 0 Å². The van der Waals surface area contributed by atoms with E-state index in [2.05, 4.69) is 5.32 Å². The van der Waals surface area contributed by atoms with Crippen LogP contribution in [0.4, 0.5) is 11.4 Å². The van der Waals surface area contributed by atoms with Crippen LogP contribution >= 0.6 is 0 Å². The molecule has 0 bridgehead atoms. The van der Waals surface area contributed by atoms with Crippen molar-refractivity contribution in [2.45, 2.75) is 6.54 Å². The maximum absolute atomic E-state index is 12.1. The van der Waals surface area contributed by atoms with Gasteiger partial charge in [0, 0.05) is 17.5 Å². The van der Waals surface area contributed by atoms with E-state index in [0.29, 0.717) is 0 Å². The highest BCUT2D eigenvalue weighted by Crippen LogP contribution is 2.22. The van der Waals surface area contributed by atoms with Gasteiger partial charge in [-0.1, -0.05) is 30.3 Å². The van der Waals surface area contributed by atoms with Crippen LogP contribution in [0.3, 0.4) is 0 Å². The Hall–Kier alpha value is -3.28. The Labute approximate surface area is 132 Å². The number of aromatic nitrogens is 1. The smallest absolute Gasteiger partial charge is 0.292 e. The van der Waals surface area contributed by atoms with Crippen LogP contribution in [0.5, 0.6) is 0 Å². The first-order valence-electron chi connectivity index (χ1n) is 7.04. The summed E-state index contributed by atoms with van der Waals surface area (Å²) in [6.07, 6.45) is 3.68. The number of carbonyl (C=O) groups is 1. The molecule has 0 atom stereocenters. The average molecular weight is 308 g/mol. The molecule has 0 fully saturated rings. The zero-order chi connectivity index (χ0) is 16.2. The van der Waals surface area contributed by atoms with Crippen molar-refractivity contribution in [3.63, 3.8) is 0 Å². The van der Waals surface area contributed by atoms with E-state index in [1.165, 1.54) is 12.1 Å². The maximum Gasteiger partial charge on any atom is 0.292 e. The molecule has 0 unspecified atom stereocenters. The summed E-state index contributed by atoms with van der Waals surface area (Å²) in [6.45, 7) is 0.0802. The lowest BCUT2D eigenvalue weighted by molar-refractivity contribution is -0.682. The summed E-state index contributed by atoms with van der Waals surface area (Å²) >= 11 is 0. The van der Waals surface area contributed by atoms with E-state index in [0.717, 1.165) is 10.8 Å². The number of pyridine rings is 1. The van der Waals surface area contributed by atoms with Gasteiger partial charge in [-0.05, 0) is 17.5 Å². The first-order chi connectivity index (χ1) is 11.1. The fourth-order valence-corrected chi connectivity index (χ4v) is 2.37. The van der Waals surface area contributed by atoms with Crippen LogP contribution in [0.1, 0.15) is 0 Å². The van der Waals surface area contributed by atoms with E-state index in [4.69, 9.17) is 0 Å². The van der Waals surface area contributed by atoms with E-state index < -0.39 is 4.92 Å². The lowest BCUT2D eigenvalue weighted by atomic mass is 10.2. The van der Waals surface area contributed by atoms with Gasteiger partial charge in [0.1, 0.15) is 5.69 Å². The van der Waals surface area contributed by atoms with Crippen molar-refractivity contribution in [3.05, 3.63) is 77.1 Å². The minimum Gasteiger partial charge on any atom is -0.315 e. The number of carbonyl (C=O) groups excluding carboxylic acids is 1. The first kappa shape index (κ1) is 14.6. The number of anilines is 1. The summed E-state index contributed by atoms with van der Waals surface area (Å²) < 4.78 is 1.74. The monoisotopic (exact) mass is 308 g/mol. The van der Waals surface area contributed by atoms with Crippen LogP contribution in [0.2, 0.25) is 0 Å². The molecule has 0 saturated heterocycles. The molecule has 0 saturated carbocycles. The molecule has 0 aliphatic carbocycles. The number of hydrogen-bond donors (Lipinski definition) is 1. The Kier molecular flexibility index (Phi) is 3.97. The predicted molar refractivity (Wildman–Crippen MR) is 85.9 cm³/mol. The van der Waals surface area contributed by atoms with Crippen molar-refractivity contribution in [2.24, 2.45) is 0 Å². The Morgan fingerprint density at radius 1 is 1.04 bits per heavy atom. The second-order valence-corrected chi connectivity index (χ2v) is 5.07. The number of nitrogens with one attached hydrogen (secondary N) is 1. The standard InChI is InChI=1S/C17H13N3O3/c21-17(18-15-7-3-4-8-16(15)20(22)23)12-19-10-9-13-5-1-2-6-14(13)11-19/h1-11H,12H2/p+1. The van der Waals surface area contributed by atoms with Crippen molar-refractivity contribution in [2.75, 3.05) is 5.32 Å². The van der Waals surface area contributed by atoms with Crippen LogP contribution in [-0.2, 0) is 11.3 Å². The molecule has 1 N–H and O–H groups in total. The van der Waals surface area contributed by atoms with Crippen molar-refractivity contribution < 1.29 is 14.3 Å². The average Bonchev–Trinajstić information content (AvgIpc) is 2.55. The lowest BCUT2D eigenvalue weighted by Crippen LogP contribution is -2.39. The number of hydrogen-bond acceptors (Lipinski definition) is 3. The third kappa shape index (κ3) is 3.32. The van der Waals surface area contributed by atoms with Gasteiger partial charge in [0.25, 0.3) is 11.6 Å². The lowest BCUT2D eigenvalue weighted by Gasteiger charge is -2.04. The fourth-order valence-electron chi connectivity index (χ4n) is 2.37. The number of benzene rings is 2. The zero-order valence-corrected chi connectivity index (χ0v) is 12.2. The molecular weight excluding hydrogens is 294 g/mol. The highest BCUT2D eigenvalue weighted by Gasteiger charge is 2.17. The molecule has 1 amide bonds. The molecule has 1 heterocycles. The van der Waals surface area contributed by atoms with Crippen LogP contribution in [0.15, 0.2) is 67.0 Å². The summed E-state index contributed by atoms with van der Waals surface area (Å²) in [5.74, 6) is -0.320. The van der Waals surface area contributed by atoms with Crippen LogP contribution < -0.4 is 9.88 Å². The summed E-state index contributed by atoms with van der Waals surface area (Å²) in [5.41, 5.74) is 0.0771. The first-order valence-corrected chi connectivity index (χ1v) is 7.04. The molecule has 114 valence electrons. The molecule has 6 nitrogen and oxygen atoms in total. The van der Waals surface area contributed by atoms with Gasteiger partial charge in [0.15, 0.2) is 12.4 Å². The van der Waals surface area contributed by atoms with Crippen LogP contribution in [0, 0.1) is 10.1 Å². The number of nitro groups is 1. The summed E-state index contributed by atoms with van der Waals surface area (Å²) in [7, 11) is 0. The third-order valence-electron chi connectivity index (χ3n) is 3.45. The minimum absolute atomic E-state index is 0.0802. The Morgan fingerprint density at radius 3 is 2.52 bits per heavy atom. The van der Waals surface area contributed by atoms with Crippen molar-refractivity contribution in [3.8, 4) is 0 Å². The molecule has 3 aromatic rings. The largest absolute Gasteiger partial charge is 0.315 e. The third-order valence-corrected chi connectivity index (χ3v) is 3.45. The topological polar surface area (TPSA) is 76.1 Å². The Bertz CT molecular complexity index is 893. The Balaban J connectivity index is 1.77. The molecule has 1 aromatic heterocycles. The van der Waals surface area contributed by atoms with Gasteiger partial charge >= 0.3 is 0 Å².